The lowest BCUT2D eigenvalue weighted by Gasteiger charge is -2.26. The second kappa shape index (κ2) is 8.66. The zero-order valence-electron chi connectivity index (χ0n) is 15.5. The van der Waals surface area contributed by atoms with E-state index in [-0.39, 0.29) is 17.2 Å². The number of ether oxygens (including phenoxy) is 1. The molecule has 3 aromatic rings. The van der Waals surface area contributed by atoms with Crippen LogP contribution in [0.25, 0.3) is 10.4 Å². The molecule has 1 saturated heterocycles. The van der Waals surface area contributed by atoms with Crippen molar-refractivity contribution in [3.05, 3.63) is 58.1 Å². The Balaban J connectivity index is 1.47. The van der Waals surface area contributed by atoms with Gasteiger partial charge in [-0.2, -0.15) is 0 Å². The standard InChI is InChI=1S/C20H20N2O4S3/c23-20(22-8-10-26-11-9-22)14-19-17(7-13-28-19)21-29(24,25)16-5-3-15(4-6-16)18-2-1-12-27-18/h1-7,12-13,21H,8-11,14H2. The summed E-state index contributed by atoms with van der Waals surface area (Å²) in [7, 11) is -3.74. The van der Waals surface area contributed by atoms with Crippen molar-refractivity contribution in [2.75, 3.05) is 31.0 Å². The minimum absolute atomic E-state index is 0.0171. The number of sulfonamides is 1. The maximum Gasteiger partial charge on any atom is 0.261 e. The van der Waals surface area contributed by atoms with Crippen molar-refractivity contribution in [1.82, 2.24) is 4.90 Å². The molecule has 152 valence electrons. The lowest BCUT2D eigenvalue weighted by atomic mass is 10.2. The average molecular weight is 449 g/mol. The number of amides is 1. The van der Waals surface area contributed by atoms with Crippen LogP contribution in [0, 0.1) is 0 Å². The number of nitrogens with one attached hydrogen (secondary N) is 1. The highest BCUT2D eigenvalue weighted by atomic mass is 32.2. The first kappa shape index (κ1) is 20.1. The summed E-state index contributed by atoms with van der Waals surface area (Å²) in [6, 6.07) is 12.5. The molecule has 0 radical (unpaired) electrons. The maximum atomic E-state index is 12.8. The molecule has 3 heterocycles. The molecule has 0 aliphatic carbocycles. The first-order chi connectivity index (χ1) is 14.0. The van der Waals surface area contributed by atoms with Crippen molar-refractivity contribution in [2.24, 2.45) is 0 Å². The summed E-state index contributed by atoms with van der Waals surface area (Å²) < 4.78 is 33.6. The number of carbonyl (C=O) groups is 1. The van der Waals surface area contributed by atoms with E-state index in [1.54, 1.807) is 51.9 Å². The van der Waals surface area contributed by atoms with Gasteiger partial charge < -0.3 is 9.64 Å². The van der Waals surface area contributed by atoms with Crippen LogP contribution in [0.3, 0.4) is 0 Å². The number of thiophene rings is 2. The van der Waals surface area contributed by atoms with Crippen molar-refractivity contribution in [3.8, 4) is 10.4 Å². The van der Waals surface area contributed by atoms with E-state index < -0.39 is 10.0 Å². The Kier molecular flexibility index (Phi) is 6.00. The van der Waals surface area contributed by atoms with Crippen LogP contribution in [0.15, 0.2) is 58.1 Å². The van der Waals surface area contributed by atoms with Gasteiger partial charge in [0.1, 0.15) is 0 Å². The SMILES string of the molecule is O=C(Cc1sccc1NS(=O)(=O)c1ccc(-c2cccs2)cc1)N1CCOCC1. The fourth-order valence-corrected chi connectivity index (χ4v) is 5.79. The van der Waals surface area contributed by atoms with Crippen molar-refractivity contribution >= 4 is 44.3 Å². The lowest BCUT2D eigenvalue weighted by Crippen LogP contribution is -2.41. The highest BCUT2D eigenvalue weighted by molar-refractivity contribution is 7.92. The Hall–Kier alpha value is -2.20. The van der Waals surface area contributed by atoms with Crippen molar-refractivity contribution in [2.45, 2.75) is 11.3 Å². The number of nitrogens with zero attached hydrogens (tertiary/aromatic N) is 1. The number of rotatable bonds is 6. The van der Waals surface area contributed by atoms with Crippen molar-refractivity contribution in [1.29, 1.82) is 0 Å². The molecule has 1 aromatic carbocycles. The number of hydrogen-bond acceptors (Lipinski definition) is 6. The smallest absolute Gasteiger partial charge is 0.261 e. The Bertz CT molecular complexity index is 1070. The maximum absolute atomic E-state index is 12.8. The Morgan fingerprint density at radius 3 is 2.48 bits per heavy atom. The van der Waals surface area contributed by atoms with E-state index in [1.807, 2.05) is 17.5 Å². The van der Waals surface area contributed by atoms with E-state index in [4.69, 9.17) is 4.74 Å². The van der Waals surface area contributed by atoms with Crippen LogP contribution >= 0.6 is 22.7 Å². The zero-order chi connectivity index (χ0) is 20.3. The molecule has 0 bridgehead atoms. The van der Waals surface area contributed by atoms with E-state index in [0.717, 1.165) is 10.4 Å². The third-order valence-corrected chi connectivity index (χ3v) is 7.86. The van der Waals surface area contributed by atoms with Gasteiger partial charge in [-0.25, -0.2) is 8.42 Å². The van der Waals surface area contributed by atoms with E-state index in [9.17, 15) is 13.2 Å². The van der Waals surface area contributed by atoms with Gasteiger partial charge in [-0.3, -0.25) is 9.52 Å². The fourth-order valence-electron chi connectivity index (χ4n) is 3.08. The van der Waals surface area contributed by atoms with E-state index in [1.165, 1.54) is 11.3 Å². The van der Waals surface area contributed by atoms with Crippen LogP contribution in [0.4, 0.5) is 5.69 Å². The summed E-state index contributed by atoms with van der Waals surface area (Å²) in [6.07, 6.45) is 0.173. The van der Waals surface area contributed by atoms with E-state index >= 15 is 0 Å². The van der Waals surface area contributed by atoms with Crippen LogP contribution < -0.4 is 4.72 Å². The third kappa shape index (κ3) is 4.69. The molecule has 0 spiro atoms. The predicted molar refractivity (Wildman–Crippen MR) is 116 cm³/mol. The minimum Gasteiger partial charge on any atom is -0.378 e. The largest absolute Gasteiger partial charge is 0.378 e. The molecule has 4 rings (SSSR count). The van der Waals surface area contributed by atoms with Crippen LogP contribution in [0.1, 0.15) is 4.88 Å². The van der Waals surface area contributed by atoms with Gasteiger partial charge in [0, 0.05) is 22.8 Å². The molecule has 1 fully saturated rings. The lowest BCUT2D eigenvalue weighted by molar-refractivity contribution is -0.134. The average Bonchev–Trinajstić information content (AvgIpc) is 3.41. The predicted octanol–water partition coefficient (Wildman–Crippen LogP) is 3.68. The van der Waals surface area contributed by atoms with Gasteiger partial charge in [-0.1, -0.05) is 18.2 Å². The second-order valence-electron chi connectivity index (χ2n) is 6.53. The van der Waals surface area contributed by atoms with Gasteiger partial charge in [-0.05, 0) is 40.6 Å². The van der Waals surface area contributed by atoms with Crippen molar-refractivity contribution in [3.63, 3.8) is 0 Å². The molecule has 9 heteroatoms. The van der Waals surface area contributed by atoms with Gasteiger partial charge in [0.15, 0.2) is 0 Å². The third-order valence-electron chi connectivity index (χ3n) is 4.64. The summed E-state index contributed by atoms with van der Waals surface area (Å²) >= 11 is 2.98. The first-order valence-corrected chi connectivity index (χ1v) is 12.4. The molecule has 2 aromatic heterocycles. The van der Waals surface area contributed by atoms with Gasteiger partial charge >= 0.3 is 0 Å². The number of carbonyl (C=O) groups excluding carboxylic acids is 1. The highest BCUT2D eigenvalue weighted by Gasteiger charge is 2.21. The van der Waals surface area contributed by atoms with Crippen LogP contribution in [-0.4, -0.2) is 45.5 Å². The summed E-state index contributed by atoms with van der Waals surface area (Å²) in [5.41, 5.74) is 1.44. The molecular formula is C20H20N2O4S3. The number of hydrogen-bond donors (Lipinski definition) is 1. The Labute approximate surface area is 177 Å². The molecule has 1 aliphatic rings. The molecule has 1 amide bonds. The molecule has 0 unspecified atom stereocenters. The topological polar surface area (TPSA) is 75.7 Å². The number of morpholine rings is 1. The summed E-state index contributed by atoms with van der Waals surface area (Å²) in [4.78, 5) is 16.2. The molecule has 29 heavy (non-hydrogen) atoms. The first-order valence-electron chi connectivity index (χ1n) is 9.11. The highest BCUT2D eigenvalue weighted by Crippen LogP contribution is 2.28. The minimum atomic E-state index is -3.74. The van der Waals surface area contributed by atoms with E-state index in [0.29, 0.717) is 36.9 Å². The van der Waals surface area contributed by atoms with Gasteiger partial charge in [-0.15, -0.1) is 22.7 Å². The summed E-state index contributed by atoms with van der Waals surface area (Å²) in [6.45, 7) is 2.22. The summed E-state index contributed by atoms with van der Waals surface area (Å²) in [5.74, 6) is -0.0171. The number of anilines is 1. The molecule has 1 aliphatic heterocycles. The molecule has 0 atom stereocenters. The molecule has 1 N–H and O–H groups in total. The van der Waals surface area contributed by atoms with Crippen LogP contribution in [0.5, 0.6) is 0 Å². The summed E-state index contributed by atoms with van der Waals surface area (Å²) in [5, 5.41) is 3.78. The second-order valence-corrected chi connectivity index (χ2v) is 10.2. The molecule has 6 nitrogen and oxygen atoms in total. The van der Waals surface area contributed by atoms with E-state index in [2.05, 4.69) is 4.72 Å². The molecule has 0 saturated carbocycles. The van der Waals surface area contributed by atoms with Crippen molar-refractivity contribution < 1.29 is 17.9 Å². The van der Waals surface area contributed by atoms with Crippen LogP contribution in [-0.2, 0) is 26.0 Å². The number of benzene rings is 1. The Morgan fingerprint density at radius 1 is 1.03 bits per heavy atom. The van der Waals surface area contributed by atoms with Gasteiger partial charge in [0.25, 0.3) is 10.0 Å². The van der Waals surface area contributed by atoms with Crippen LogP contribution in [0.2, 0.25) is 0 Å². The fraction of sp³-hybridized carbons (Fsp3) is 0.250. The molecular weight excluding hydrogens is 428 g/mol. The van der Waals surface area contributed by atoms with Gasteiger partial charge in [0.05, 0.1) is 30.2 Å². The Morgan fingerprint density at radius 2 is 1.79 bits per heavy atom. The monoisotopic (exact) mass is 448 g/mol. The normalized spacial score (nSPS) is 14.7. The van der Waals surface area contributed by atoms with Gasteiger partial charge in [0.2, 0.25) is 5.91 Å². The zero-order valence-corrected chi connectivity index (χ0v) is 18.0. The quantitative estimate of drug-likeness (QED) is 0.624.